The van der Waals surface area contributed by atoms with Gasteiger partial charge in [0.05, 0.1) is 4.92 Å². The molecule has 2 fully saturated rings. The van der Waals surface area contributed by atoms with Gasteiger partial charge < -0.3 is 10.6 Å². The topological polar surface area (TPSA) is 122 Å². The summed E-state index contributed by atoms with van der Waals surface area (Å²) in [6.45, 7) is 2.18. The molecule has 1 atom stereocenters. The second-order valence-electron chi connectivity index (χ2n) is 7.44. The molecule has 1 aromatic carbocycles. The van der Waals surface area contributed by atoms with Crippen molar-refractivity contribution in [2.45, 2.75) is 44.6 Å². The Hall–Kier alpha value is -2.97. The monoisotopic (exact) mass is 388 g/mol. The zero-order valence-corrected chi connectivity index (χ0v) is 15.8. The van der Waals surface area contributed by atoms with E-state index >= 15 is 0 Å². The van der Waals surface area contributed by atoms with E-state index in [4.69, 9.17) is 0 Å². The number of non-ortho nitro benzene ring substituents is 1. The van der Waals surface area contributed by atoms with Crippen molar-refractivity contribution < 1.29 is 19.3 Å². The van der Waals surface area contributed by atoms with E-state index in [-0.39, 0.29) is 24.1 Å². The van der Waals surface area contributed by atoms with Gasteiger partial charge in [-0.05, 0) is 43.9 Å². The Bertz CT molecular complexity index is 788. The zero-order valence-electron chi connectivity index (χ0n) is 15.8. The highest BCUT2D eigenvalue weighted by Gasteiger charge is 2.48. The molecule has 0 radical (unpaired) electrons. The number of imide groups is 1. The van der Waals surface area contributed by atoms with E-state index in [9.17, 15) is 24.5 Å². The molecule has 0 unspecified atom stereocenters. The van der Waals surface area contributed by atoms with Crippen LogP contribution in [0.5, 0.6) is 0 Å². The lowest BCUT2D eigenvalue weighted by molar-refractivity contribution is -0.384. The number of hydrogen-bond donors (Lipinski definition) is 2. The second kappa shape index (κ2) is 7.95. The molecule has 1 saturated carbocycles. The fraction of sp³-hybridized carbons (Fsp3) is 0.526. The first-order chi connectivity index (χ1) is 13.3. The van der Waals surface area contributed by atoms with Crippen LogP contribution < -0.4 is 10.6 Å². The molecule has 1 aliphatic carbocycles. The number of hydrogen-bond acceptors (Lipinski definition) is 5. The standard InChI is InChI=1S/C19H24N4O5/c1-19(14-7-9-15(10-8-14)23(27)28)17(25)22(18(26)21-19)12-4-11-20-16(24)13-5-2-3-6-13/h7-10,13H,2-6,11-12H2,1H3,(H,20,24)(H,21,26)/t19-/m1/s1. The van der Waals surface area contributed by atoms with Crippen LogP contribution >= 0.6 is 0 Å². The van der Waals surface area contributed by atoms with Gasteiger partial charge in [0.1, 0.15) is 5.54 Å². The van der Waals surface area contributed by atoms with Crippen molar-refractivity contribution in [3.05, 3.63) is 39.9 Å². The third-order valence-corrected chi connectivity index (χ3v) is 5.51. The quantitative estimate of drug-likeness (QED) is 0.320. The first-order valence-electron chi connectivity index (χ1n) is 9.49. The number of rotatable bonds is 7. The lowest BCUT2D eigenvalue weighted by Crippen LogP contribution is -2.41. The molecule has 9 heteroatoms. The lowest BCUT2D eigenvalue weighted by Gasteiger charge is -2.22. The molecule has 9 nitrogen and oxygen atoms in total. The van der Waals surface area contributed by atoms with Crippen molar-refractivity contribution in [1.29, 1.82) is 0 Å². The highest BCUT2D eigenvalue weighted by Crippen LogP contribution is 2.30. The summed E-state index contributed by atoms with van der Waals surface area (Å²) < 4.78 is 0. The molecule has 1 aromatic rings. The highest BCUT2D eigenvalue weighted by atomic mass is 16.6. The summed E-state index contributed by atoms with van der Waals surface area (Å²) in [5.41, 5.74) is -0.869. The van der Waals surface area contributed by atoms with Gasteiger partial charge in [-0.1, -0.05) is 12.8 Å². The van der Waals surface area contributed by atoms with Crippen LogP contribution in [0.3, 0.4) is 0 Å². The van der Waals surface area contributed by atoms with Crippen LogP contribution in [-0.2, 0) is 15.1 Å². The Morgan fingerprint density at radius 1 is 1.29 bits per heavy atom. The van der Waals surface area contributed by atoms with Crippen LogP contribution in [0.25, 0.3) is 0 Å². The average molecular weight is 388 g/mol. The van der Waals surface area contributed by atoms with E-state index in [0.717, 1.165) is 30.6 Å². The molecular weight excluding hydrogens is 364 g/mol. The van der Waals surface area contributed by atoms with Gasteiger partial charge in [-0.3, -0.25) is 24.6 Å². The van der Waals surface area contributed by atoms with Crippen molar-refractivity contribution in [2.75, 3.05) is 13.1 Å². The summed E-state index contributed by atoms with van der Waals surface area (Å²) >= 11 is 0. The summed E-state index contributed by atoms with van der Waals surface area (Å²) in [4.78, 5) is 48.5. The number of urea groups is 1. The summed E-state index contributed by atoms with van der Waals surface area (Å²) in [7, 11) is 0. The molecule has 0 spiro atoms. The summed E-state index contributed by atoms with van der Waals surface area (Å²) in [5, 5.41) is 16.3. The van der Waals surface area contributed by atoms with E-state index in [0.29, 0.717) is 18.5 Å². The molecule has 150 valence electrons. The fourth-order valence-electron chi connectivity index (χ4n) is 3.79. The van der Waals surface area contributed by atoms with Crippen LogP contribution in [-0.4, -0.2) is 40.8 Å². The Balaban J connectivity index is 1.56. The van der Waals surface area contributed by atoms with Crippen molar-refractivity contribution in [2.24, 2.45) is 5.92 Å². The number of nitrogens with zero attached hydrogens (tertiary/aromatic N) is 2. The predicted octanol–water partition coefficient (Wildman–Crippen LogP) is 2.06. The van der Waals surface area contributed by atoms with E-state index < -0.39 is 22.4 Å². The molecule has 1 aliphatic heterocycles. The Labute approximate surface area is 162 Å². The van der Waals surface area contributed by atoms with Gasteiger partial charge in [0.15, 0.2) is 0 Å². The Morgan fingerprint density at radius 2 is 1.93 bits per heavy atom. The van der Waals surface area contributed by atoms with Crippen molar-refractivity contribution in [3.63, 3.8) is 0 Å². The zero-order chi connectivity index (χ0) is 20.3. The third kappa shape index (κ3) is 3.83. The minimum Gasteiger partial charge on any atom is -0.356 e. The van der Waals surface area contributed by atoms with Crippen molar-refractivity contribution >= 4 is 23.5 Å². The summed E-state index contributed by atoms with van der Waals surface area (Å²) in [5.74, 6) is -0.277. The van der Waals surface area contributed by atoms with Crippen LogP contribution in [0.2, 0.25) is 0 Å². The first-order valence-corrected chi connectivity index (χ1v) is 9.49. The Morgan fingerprint density at radius 3 is 2.54 bits per heavy atom. The van der Waals surface area contributed by atoms with Gasteiger partial charge in [0.2, 0.25) is 5.91 Å². The molecule has 2 aliphatic rings. The number of benzene rings is 1. The van der Waals surface area contributed by atoms with E-state index in [2.05, 4.69) is 10.6 Å². The van der Waals surface area contributed by atoms with Gasteiger partial charge in [-0.25, -0.2) is 4.79 Å². The normalized spacial score (nSPS) is 22.4. The highest BCUT2D eigenvalue weighted by molar-refractivity contribution is 6.07. The van der Waals surface area contributed by atoms with Gasteiger partial charge in [0.25, 0.3) is 11.6 Å². The minimum atomic E-state index is -1.26. The van der Waals surface area contributed by atoms with E-state index in [1.165, 1.54) is 24.3 Å². The van der Waals surface area contributed by atoms with Gasteiger partial charge in [-0.15, -0.1) is 0 Å². The van der Waals surface area contributed by atoms with Crippen LogP contribution in [0.1, 0.15) is 44.6 Å². The SMILES string of the molecule is C[C@]1(c2ccc([N+](=O)[O-])cc2)NC(=O)N(CCCNC(=O)C2CCCC2)C1=O. The maximum atomic E-state index is 12.8. The number of amides is 4. The van der Waals surface area contributed by atoms with Gasteiger partial charge in [0, 0.05) is 31.1 Å². The lowest BCUT2D eigenvalue weighted by atomic mass is 9.92. The van der Waals surface area contributed by atoms with Crippen molar-refractivity contribution in [1.82, 2.24) is 15.5 Å². The largest absolute Gasteiger partial charge is 0.356 e. The molecule has 4 amide bonds. The average Bonchev–Trinajstić information content (AvgIpc) is 3.28. The van der Waals surface area contributed by atoms with Crippen molar-refractivity contribution in [3.8, 4) is 0 Å². The summed E-state index contributed by atoms with van der Waals surface area (Å²) in [6, 6.07) is 5.05. The number of carbonyl (C=O) groups excluding carboxylic acids is 3. The smallest absolute Gasteiger partial charge is 0.325 e. The Kier molecular flexibility index (Phi) is 5.62. The predicted molar refractivity (Wildman–Crippen MR) is 100 cm³/mol. The van der Waals surface area contributed by atoms with Gasteiger partial charge in [-0.2, -0.15) is 0 Å². The van der Waals surface area contributed by atoms with E-state index in [1.54, 1.807) is 6.92 Å². The number of nitro groups is 1. The number of nitro benzene ring substituents is 1. The molecular formula is C19H24N4O5. The minimum absolute atomic E-state index is 0.0467. The fourth-order valence-corrected chi connectivity index (χ4v) is 3.79. The van der Waals surface area contributed by atoms with Gasteiger partial charge >= 0.3 is 6.03 Å². The maximum absolute atomic E-state index is 12.8. The summed E-state index contributed by atoms with van der Waals surface area (Å²) in [6.07, 6.45) is 4.48. The number of carbonyl (C=O) groups is 3. The third-order valence-electron chi connectivity index (χ3n) is 5.51. The molecule has 1 saturated heterocycles. The van der Waals surface area contributed by atoms with Crippen LogP contribution in [0.4, 0.5) is 10.5 Å². The molecule has 28 heavy (non-hydrogen) atoms. The maximum Gasteiger partial charge on any atom is 0.325 e. The molecule has 1 heterocycles. The second-order valence-corrected chi connectivity index (χ2v) is 7.44. The van der Waals surface area contributed by atoms with E-state index in [1.807, 2.05) is 0 Å². The first kappa shape index (κ1) is 19.8. The molecule has 0 aromatic heterocycles. The van der Waals surface area contributed by atoms with Crippen LogP contribution in [0.15, 0.2) is 24.3 Å². The molecule has 3 rings (SSSR count). The molecule has 0 bridgehead atoms. The molecule has 2 N–H and O–H groups in total. The number of nitrogens with one attached hydrogen (secondary N) is 2. The van der Waals surface area contributed by atoms with Crippen LogP contribution in [0, 0.1) is 16.0 Å².